The topological polar surface area (TPSA) is 66.4 Å². The molecule has 2 aromatic rings. The van der Waals surface area contributed by atoms with Crippen LogP contribution in [0.4, 0.5) is 5.69 Å². The average molecular weight is 311 g/mol. The standard InChI is InChI=1S/C19H21NO3/c1-12-5-4-6-15(9-12)7-8-18(21)20-17-11-16(19(22)23)13(2)10-14(17)3/h4-6,9-11H,7-8H2,1-3H3,(H,20,21)(H,22,23). The molecule has 0 bridgehead atoms. The van der Waals surface area contributed by atoms with Gasteiger partial charge in [-0.2, -0.15) is 0 Å². The van der Waals surface area contributed by atoms with Crippen LogP contribution in [0, 0.1) is 20.8 Å². The van der Waals surface area contributed by atoms with Crippen LogP contribution in [-0.2, 0) is 11.2 Å². The normalized spacial score (nSPS) is 10.4. The van der Waals surface area contributed by atoms with E-state index in [1.807, 2.05) is 32.0 Å². The second-order valence-electron chi connectivity index (χ2n) is 5.82. The summed E-state index contributed by atoms with van der Waals surface area (Å²) in [6.07, 6.45) is 1.02. The first-order valence-electron chi connectivity index (χ1n) is 7.57. The van der Waals surface area contributed by atoms with Crippen LogP contribution in [0.5, 0.6) is 0 Å². The fraction of sp³-hybridized carbons (Fsp3) is 0.263. The molecular weight excluding hydrogens is 290 g/mol. The summed E-state index contributed by atoms with van der Waals surface area (Å²) >= 11 is 0. The summed E-state index contributed by atoms with van der Waals surface area (Å²) in [5, 5.41) is 12.0. The Morgan fingerprint density at radius 2 is 1.78 bits per heavy atom. The molecule has 0 unspecified atom stereocenters. The number of hydrogen-bond acceptors (Lipinski definition) is 2. The van der Waals surface area contributed by atoms with Crippen LogP contribution in [0.1, 0.15) is 39.0 Å². The third-order valence-electron chi connectivity index (χ3n) is 3.80. The van der Waals surface area contributed by atoms with Crippen molar-refractivity contribution < 1.29 is 14.7 Å². The van der Waals surface area contributed by atoms with Gasteiger partial charge in [0.15, 0.2) is 0 Å². The van der Waals surface area contributed by atoms with Crippen molar-refractivity contribution in [2.24, 2.45) is 0 Å². The van der Waals surface area contributed by atoms with E-state index in [4.69, 9.17) is 0 Å². The van der Waals surface area contributed by atoms with Gasteiger partial charge in [0, 0.05) is 12.1 Å². The molecule has 0 radical (unpaired) electrons. The zero-order valence-electron chi connectivity index (χ0n) is 13.6. The lowest BCUT2D eigenvalue weighted by molar-refractivity contribution is -0.116. The molecule has 1 amide bonds. The maximum atomic E-state index is 12.1. The van der Waals surface area contributed by atoms with Crippen LogP contribution in [-0.4, -0.2) is 17.0 Å². The van der Waals surface area contributed by atoms with Crippen molar-refractivity contribution in [3.63, 3.8) is 0 Å². The molecule has 2 N–H and O–H groups in total. The number of aromatic carboxylic acids is 1. The summed E-state index contributed by atoms with van der Waals surface area (Å²) in [7, 11) is 0. The van der Waals surface area contributed by atoms with Crippen molar-refractivity contribution in [3.8, 4) is 0 Å². The van der Waals surface area contributed by atoms with E-state index in [1.165, 1.54) is 11.6 Å². The number of hydrogen-bond donors (Lipinski definition) is 2. The minimum atomic E-state index is -0.988. The van der Waals surface area contributed by atoms with E-state index in [0.717, 1.165) is 11.1 Å². The smallest absolute Gasteiger partial charge is 0.336 e. The summed E-state index contributed by atoms with van der Waals surface area (Å²) < 4.78 is 0. The highest BCUT2D eigenvalue weighted by molar-refractivity contribution is 5.95. The maximum absolute atomic E-state index is 12.1. The van der Waals surface area contributed by atoms with Gasteiger partial charge in [-0.1, -0.05) is 35.9 Å². The molecule has 2 aromatic carbocycles. The molecule has 2 rings (SSSR count). The fourth-order valence-corrected chi connectivity index (χ4v) is 2.56. The Kier molecular flexibility index (Phi) is 5.16. The zero-order valence-corrected chi connectivity index (χ0v) is 13.6. The van der Waals surface area contributed by atoms with Crippen molar-refractivity contribution in [1.82, 2.24) is 0 Å². The van der Waals surface area contributed by atoms with Crippen molar-refractivity contribution >= 4 is 17.6 Å². The van der Waals surface area contributed by atoms with E-state index in [9.17, 15) is 14.7 Å². The van der Waals surface area contributed by atoms with E-state index < -0.39 is 5.97 Å². The van der Waals surface area contributed by atoms with Gasteiger partial charge in [-0.25, -0.2) is 4.79 Å². The first-order chi connectivity index (χ1) is 10.9. The SMILES string of the molecule is Cc1cccc(CCC(=O)Nc2cc(C(=O)O)c(C)cc2C)c1. The van der Waals surface area contributed by atoms with Crippen molar-refractivity contribution in [2.45, 2.75) is 33.6 Å². The zero-order chi connectivity index (χ0) is 17.0. The Morgan fingerprint density at radius 3 is 2.43 bits per heavy atom. The number of carboxylic acids is 1. The molecule has 0 aliphatic rings. The molecule has 0 spiro atoms. The van der Waals surface area contributed by atoms with E-state index >= 15 is 0 Å². The molecule has 120 valence electrons. The van der Waals surface area contributed by atoms with Gasteiger partial charge in [0.05, 0.1) is 5.56 Å². The number of carbonyl (C=O) groups is 2. The van der Waals surface area contributed by atoms with Crippen LogP contribution >= 0.6 is 0 Å². The van der Waals surface area contributed by atoms with Gasteiger partial charge in [-0.05, 0) is 49.9 Å². The fourth-order valence-electron chi connectivity index (χ4n) is 2.56. The summed E-state index contributed by atoms with van der Waals surface area (Å²) in [6.45, 7) is 5.63. The molecule has 0 aliphatic carbocycles. The quantitative estimate of drug-likeness (QED) is 0.880. The maximum Gasteiger partial charge on any atom is 0.336 e. The van der Waals surface area contributed by atoms with Crippen LogP contribution in [0.3, 0.4) is 0 Å². The van der Waals surface area contributed by atoms with E-state index in [2.05, 4.69) is 11.4 Å². The summed E-state index contributed by atoms with van der Waals surface area (Å²) in [5.74, 6) is -1.10. The van der Waals surface area contributed by atoms with Gasteiger partial charge in [-0.3, -0.25) is 4.79 Å². The number of anilines is 1. The number of rotatable bonds is 5. The van der Waals surface area contributed by atoms with Gasteiger partial charge >= 0.3 is 5.97 Å². The molecule has 0 aromatic heterocycles. The first kappa shape index (κ1) is 16.7. The van der Waals surface area contributed by atoms with Gasteiger partial charge in [0.2, 0.25) is 5.91 Å². The number of benzene rings is 2. The van der Waals surface area contributed by atoms with Crippen LogP contribution in [0.25, 0.3) is 0 Å². The number of aryl methyl sites for hydroxylation is 4. The Bertz CT molecular complexity index is 750. The second-order valence-corrected chi connectivity index (χ2v) is 5.82. The van der Waals surface area contributed by atoms with Crippen LogP contribution < -0.4 is 5.32 Å². The number of nitrogens with one attached hydrogen (secondary N) is 1. The van der Waals surface area contributed by atoms with E-state index in [-0.39, 0.29) is 11.5 Å². The predicted octanol–water partition coefficient (Wildman–Crippen LogP) is 3.88. The van der Waals surface area contributed by atoms with Gasteiger partial charge in [0.1, 0.15) is 0 Å². The van der Waals surface area contributed by atoms with Crippen LogP contribution in [0.15, 0.2) is 36.4 Å². The lowest BCUT2D eigenvalue weighted by Gasteiger charge is -2.11. The molecule has 0 fully saturated rings. The van der Waals surface area contributed by atoms with Gasteiger partial charge < -0.3 is 10.4 Å². The lowest BCUT2D eigenvalue weighted by Crippen LogP contribution is -2.14. The highest BCUT2D eigenvalue weighted by atomic mass is 16.4. The van der Waals surface area contributed by atoms with Crippen molar-refractivity contribution in [1.29, 1.82) is 0 Å². The van der Waals surface area contributed by atoms with Crippen molar-refractivity contribution in [2.75, 3.05) is 5.32 Å². The Labute approximate surface area is 136 Å². The molecule has 4 heteroatoms. The minimum Gasteiger partial charge on any atom is -0.478 e. The highest BCUT2D eigenvalue weighted by Crippen LogP contribution is 2.21. The molecule has 0 atom stereocenters. The van der Waals surface area contributed by atoms with E-state index in [1.54, 1.807) is 13.0 Å². The number of carboxylic acid groups (broad SMARTS) is 1. The van der Waals surface area contributed by atoms with Crippen molar-refractivity contribution in [3.05, 3.63) is 64.2 Å². The third kappa shape index (κ3) is 4.42. The molecule has 0 heterocycles. The average Bonchev–Trinajstić information content (AvgIpc) is 2.47. The Hall–Kier alpha value is -2.62. The lowest BCUT2D eigenvalue weighted by atomic mass is 10.0. The first-order valence-corrected chi connectivity index (χ1v) is 7.57. The third-order valence-corrected chi connectivity index (χ3v) is 3.80. The monoisotopic (exact) mass is 311 g/mol. The van der Waals surface area contributed by atoms with Gasteiger partial charge in [-0.15, -0.1) is 0 Å². The molecule has 4 nitrogen and oxygen atoms in total. The molecule has 23 heavy (non-hydrogen) atoms. The minimum absolute atomic E-state index is 0.116. The van der Waals surface area contributed by atoms with Crippen LogP contribution in [0.2, 0.25) is 0 Å². The largest absolute Gasteiger partial charge is 0.478 e. The molecular formula is C19H21NO3. The molecule has 0 aliphatic heterocycles. The highest BCUT2D eigenvalue weighted by Gasteiger charge is 2.12. The molecule has 0 saturated carbocycles. The van der Waals surface area contributed by atoms with Gasteiger partial charge in [0.25, 0.3) is 0 Å². The summed E-state index contributed by atoms with van der Waals surface area (Å²) in [5.41, 5.74) is 4.60. The Morgan fingerprint density at radius 1 is 1.04 bits per heavy atom. The molecule has 0 saturated heterocycles. The number of carbonyl (C=O) groups excluding carboxylic acids is 1. The van der Waals surface area contributed by atoms with E-state index in [0.29, 0.717) is 24.1 Å². The predicted molar refractivity (Wildman–Crippen MR) is 91.0 cm³/mol. The number of amides is 1. The Balaban J connectivity index is 2.05. The second kappa shape index (κ2) is 7.09. The summed E-state index contributed by atoms with van der Waals surface area (Å²) in [6, 6.07) is 11.4. The summed E-state index contributed by atoms with van der Waals surface area (Å²) in [4.78, 5) is 23.3.